The number of thiol groups is 1. The first-order valence-corrected chi connectivity index (χ1v) is 20.4. The number of rotatable bonds is 40. The Labute approximate surface area is 330 Å². The Morgan fingerprint density at radius 1 is 0.527 bits per heavy atom. The minimum absolute atomic E-state index is 0.124. The largest absolute Gasteiger partial charge is 0.442 e. The van der Waals surface area contributed by atoms with Gasteiger partial charge in [-0.15, -0.1) is 10.2 Å². The summed E-state index contributed by atoms with van der Waals surface area (Å²) < 4.78 is 83.4. The van der Waals surface area contributed by atoms with Crippen LogP contribution in [0.1, 0.15) is 73.7 Å². The highest BCUT2D eigenvalue weighted by Crippen LogP contribution is 2.52. The Morgan fingerprint density at radius 3 is 1.29 bits per heavy atom. The lowest BCUT2D eigenvalue weighted by Crippen LogP contribution is -2.30. The van der Waals surface area contributed by atoms with Gasteiger partial charge in [0.25, 0.3) is 5.91 Å². The minimum atomic E-state index is -4.61. The molecule has 0 aromatic heterocycles. The fraction of sp³-hybridized carbons (Fsp3) is 0.816. The fourth-order valence-electron chi connectivity index (χ4n) is 5.13. The molecule has 0 aliphatic carbocycles. The van der Waals surface area contributed by atoms with Crippen LogP contribution in [0.15, 0.2) is 34.5 Å². The number of carbonyl (C=O) groups is 1. The lowest BCUT2D eigenvalue weighted by Gasteiger charge is -2.15. The SMILES string of the molecule is O=C(NCCOCCOCCOCCOCCOCCNCCOCCOCCOCCCCCCCCCCCS)c1ccc(C2(C(F)(F)F)N=N2)cc1. The molecule has 0 bridgehead atoms. The number of nitrogens with zero attached hydrogens (tertiary/aromatic N) is 2. The van der Waals surface area contributed by atoms with Crippen LogP contribution in [0.3, 0.4) is 0 Å². The van der Waals surface area contributed by atoms with E-state index in [4.69, 9.17) is 37.9 Å². The van der Waals surface area contributed by atoms with E-state index in [1.807, 2.05) is 0 Å². The number of hydrogen-bond donors (Lipinski definition) is 3. The number of amides is 1. The van der Waals surface area contributed by atoms with Crippen molar-refractivity contribution >= 4 is 18.5 Å². The summed E-state index contributed by atoms with van der Waals surface area (Å²) in [7, 11) is 0. The van der Waals surface area contributed by atoms with Gasteiger partial charge in [0, 0.05) is 37.4 Å². The van der Waals surface area contributed by atoms with E-state index >= 15 is 0 Å². The summed E-state index contributed by atoms with van der Waals surface area (Å²) in [5.74, 6) is 0.593. The standard InChI is InChI=1S/C38H65F3N4O9S/c39-38(40,41)37(44-45-37)35-12-10-34(11-13-35)36(46)43-16-20-50-24-28-53-30-32-54-31-29-52-27-23-49-19-15-42-14-18-48-22-26-51-25-21-47-17-8-6-4-2-1-3-5-7-9-33-55/h10-13,42,55H,1-9,14-33H2,(H,43,46). The van der Waals surface area contributed by atoms with E-state index in [-0.39, 0.29) is 24.3 Å². The summed E-state index contributed by atoms with van der Waals surface area (Å²) >= 11 is 4.25. The molecule has 0 saturated heterocycles. The van der Waals surface area contributed by atoms with Crippen LogP contribution >= 0.6 is 12.6 Å². The second-order valence-corrected chi connectivity index (χ2v) is 13.2. The van der Waals surface area contributed by atoms with Gasteiger partial charge >= 0.3 is 11.8 Å². The number of benzene rings is 1. The maximum absolute atomic E-state index is 13.1. The molecule has 1 amide bonds. The summed E-state index contributed by atoms with van der Waals surface area (Å²) in [6.45, 7) is 9.87. The molecule has 1 aromatic rings. The third kappa shape index (κ3) is 25.1. The molecular weight excluding hydrogens is 745 g/mol. The van der Waals surface area contributed by atoms with Gasteiger partial charge in [-0.2, -0.15) is 25.8 Å². The highest BCUT2D eigenvalue weighted by Gasteiger charge is 2.65. The molecule has 1 aliphatic rings. The van der Waals surface area contributed by atoms with Crippen molar-refractivity contribution < 1.29 is 55.9 Å². The molecule has 1 heterocycles. The van der Waals surface area contributed by atoms with Crippen molar-refractivity contribution in [2.24, 2.45) is 10.2 Å². The van der Waals surface area contributed by atoms with E-state index in [1.165, 1.54) is 75.6 Å². The van der Waals surface area contributed by atoms with E-state index in [1.54, 1.807) is 0 Å². The average Bonchev–Trinajstić information content (AvgIpc) is 4.00. The molecule has 1 aromatic carbocycles. The molecule has 55 heavy (non-hydrogen) atoms. The zero-order valence-electron chi connectivity index (χ0n) is 32.5. The summed E-state index contributed by atoms with van der Waals surface area (Å²) in [5.41, 5.74) is -2.39. The lowest BCUT2D eigenvalue weighted by molar-refractivity contribution is -0.166. The Kier molecular flexibility index (Phi) is 29.6. The van der Waals surface area contributed by atoms with Crippen molar-refractivity contribution in [3.8, 4) is 0 Å². The summed E-state index contributed by atoms with van der Waals surface area (Å²) in [4.78, 5) is 12.2. The van der Waals surface area contributed by atoms with Gasteiger partial charge in [0.2, 0.25) is 0 Å². The number of nitrogens with one attached hydrogen (secondary N) is 2. The maximum atomic E-state index is 13.1. The molecule has 13 nitrogen and oxygen atoms in total. The molecule has 0 fully saturated rings. The number of alkyl halides is 3. The van der Waals surface area contributed by atoms with Crippen LogP contribution in [0.5, 0.6) is 0 Å². The van der Waals surface area contributed by atoms with Gasteiger partial charge in [0.15, 0.2) is 0 Å². The van der Waals surface area contributed by atoms with Crippen LogP contribution in [0.2, 0.25) is 0 Å². The lowest BCUT2D eigenvalue weighted by atomic mass is 10.0. The van der Waals surface area contributed by atoms with Crippen LogP contribution in [-0.4, -0.2) is 143 Å². The van der Waals surface area contributed by atoms with Gasteiger partial charge in [-0.1, -0.05) is 57.1 Å². The quantitative estimate of drug-likeness (QED) is 0.0554. The third-order valence-corrected chi connectivity index (χ3v) is 8.62. The van der Waals surface area contributed by atoms with Crippen LogP contribution < -0.4 is 10.6 Å². The monoisotopic (exact) mass is 810 g/mol. The summed E-state index contributed by atoms with van der Waals surface area (Å²) in [6, 6.07) is 5.04. The van der Waals surface area contributed by atoms with E-state index in [2.05, 4.69) is 33.5 Å². The van der Waals surface area contributed by atoms with Crippen molar-refractivity contribution in [2.75, 3.05) is 131 Å². The van der Waals surface area contributed by atoms with Crippen molar-refractivity contribution in [1.82, 2.24) is 10.6 Å². The molecule has 2 rings (SSSR count). The van der Waals surface area contributed by atoms with E-state index in [9.17, 15) is 18.0 Å². The Bertz CT molecular complexity index is 1090. The van der Waals surface area contributed by atoms with Crippen molar-refractivity contribution in [3.63, 3.8) is 0 Å². The van der Waals surface area contributed by atoms with Gasteiger partial charge < -0.3 is 48.5 Å². The van der Waals surface area contributed by atoms with Crippen LogP contribution in [-0.2, 0) is 43.6 Å². The second-order valence-electron chi connectivity index (χ2n) is 12.8. The van der Waals surface area contributed by atoms with Crippen molar-refractivity contribution in [1.29, 1.82) is 0 Å². The molecule has 0 radical (unpaired) electrons. The van der Waals surface area contributed by atoms with Gasteiger partial charge in [-0.25, -0.2) is 0 Å². The van der Waals surface area contributed by atoms with Crippen LogP contribution in [0, 0.1) is 0 Å². The molecule has 318 valence electrons. The number of carbonyl (C=O) groups excluding carboxylic acids is 1. The Balaban J connectivity index is 1.19. The van der Waals surface area contributed by atoms with E-state index in [0.29, 0.717) is 92.5 Å². The smallest absolute Gasteiger partial charge is 0.379 e. The van der Waals surface area contributed by atoms with Gasteiger partial charge in [0.05, 0.1) is 99.1 Å². The van der Waals surface area contributed by atoms with Crippen molar-refractivity contribution in [2.45, 2.75) is 69.6 Å². The molecular formula is C38H65F3N4O9S. The first-order chi connectivity index (χ1) is 26.9. The predicted molar refractivity (Wildman–Crippen MR) is 206 cm³/mol. The molecule has 17 heteroatoms. The molecule has 2 N–H and O–H groups in total. The molecule has 0 spiro atoms. The molecule has 1 aliphatic heterocycles. The van der Waals surface area contributed by atoms with E-state index in [0.717, 1.165) is 31.9 Å². The zero-order chi connectivity index (χ0) is 39.6. The van der Waals surface area contributed by atoms with E-state index < -0.39 is 17.7 Å². The maximum Gasteiger partial charge on any atom is 0.442 e. The molecule has 0 saturated carbocycles. The highest BCUT2D eigenvalue weighted by atomic mass is 32.1. The van der Waals surface area contributed by atoms with Gasteiger partial charge in [0.1, 0.15) is 0 Å². The zero-order valence-corrected chi connectivity index (χ0v) is 33.4. The first kappa shape index (κ1) is 49.2. The Hall–Kier alpha value is -1.93. The molecule has 0 unspecified atom stereocenters. The topological polar surface area (TPSA) is 140 Å². The summed E-state index contributed by atoms with van der Waals surface area (Å²) in [5, 5.41) is 12.2. The molecule has 0 atom stereocenters. The predicted octanol–water partition coefficient (Wildman–Crippen LogP) is 5.76. The minimum Gasteiger partial charge on any atom is -0.379 e. The number of halogens is 3. The van der Waals surface area contributed by atoms with Crippen LogP contribution in [0.4, 0.5) is 13.2 Å². The third-order valence-electron chi connectivity index (χ3n) is 8.30. The second kappa shape index (κ2) is 33.1. The van der Waals surface area contributed by atoms with Gasteiger partial charge in [-0.05, 0) is 30.7 Å². The number of unbranched alkanes of at least 4 members (excludes halogenated alkanes) is 8. The summed E-state index contributed by atoms with van der Waals surface area (Å²) in [6.07, 6.45) is 7.02. The fourth-order valence-corrected chi connectivity index (χ4v) is 5.35. The number of ether oxygens (including phenoxy) is 8. The highest BCUT2D eigenvalue weighted by molar-refractivity contribution is 7.80. The number of hydrogen-bond acceptors (Lipinski definition) is 13. The average molecular weight is 811 g/mol. The Morgan fingerprint density at radius 2 is 0.891 bits per heavy atom. The van der Waals surface area contributed by atoms with Gasteiger partial charge in [-0.3, -0.25) is 4.79 Å². The van der Waals surface area contributed by atoms with Crippen molar-refractivity contribution in [3.05, 3.63) is 35.4 Å². The normalized spacial score (nSPS) is 13.5. The first-order valence-electron chi connectivity index (χ1n) is 19.7. The van der Waals surface area contributed by atoms with Crippen LogP contribution in [0.25, 0.3) is 0 Å².